The predicted molar refractivity (Wildman–Crippen MR) is 113 cm³/mol. The molecule has 1 heterocycles. The summed E-state index contributed by atoms with van der Waals surface area (Å²) >= 11 is 0. The van der Waals surface area contributed by atoms with Crippen LogP contribution in [0.5, 0.6) is 0 Å². The molecule has 0 fully saturated rings. The molecular weight excluding hydrogens is 390 g/mol. The molecule has 0 aliphatic heterocycles. The first-order valence-electron chi connectivity index (χ1n) is 9.81. The second-order valence-corrected chi connectivity index (χ2v) is 8.85. The van der Waals surface area contributed by atoms with Gasteiger partial charge in [0.05, 0.1) is 4.90 Å². The first-order valence-corrected chi connectivity index (χ1v) is 11.3. The van der Waals surface area contributed by atoms with Gasteiger partial charge >= 0.3 is 0 Å². The van der Waals surface area contributed by atoms with Crippen molar-refractivity contribution in [3.8, 4) is 0 Å². The number of hydrogen-bond donors (Lipinski definition) is 1. The predicted octanol–water partition coefficient (Wildman–Crippen LogP) is 2.02. The van der Waals surface area contributed by atoms with E-state index in [0.29, 0.717) is 13.1 Å². The summed E-state index contributed by atoms with van der Waals surface area (Å²) in [4.78, 5) is 24.5. The molecule has 158 valence electrons. The van der Waals surface area contributed by atoms with Crippen LogP contribution in [0.1, 0.15) is 32.8 Å². The van der Waals surface area contributed by atoms with Crippen LogP contribution in [0.4, 0.5) is 0 Å². The third kappa shape index (κ3) is 6.27. The second kappa shape index (κ2) is 10.4. The van der Waals surface area contributed by atoms with Gasteiger partial charge in [-0.05, 0) is 31.4 Å². The number of sulfonamides is 1. The molecule has 29 heavy (non-hydrogen) atoms. The first-order chi connectivity index (χ1) is 13.8. The van der Waals surface area contributed by atoms with E-state index in [9.17, 15) is 18.0 Å². The number of pyridine rings is 1. The Kier molecular flexibility index (Phi) is 8.16. The number of amides is 1. The third-order valence-electron chi connectivity index (χ3n) is 4.73. The molecule has 0 saturated heterocycles. The lowest BCUT2D eigenvalue weighted by Gasteiger charge is -2.19. The molecular formula is C21H29N3O4S. The van der Waals surface area contributed by atoms with Crippen molar-refractivity contribution in [1.29, 1.82) is 0 Å². The Morgan fingerprint density at radius 3 is 2.38 bits per heavy atom. The summed E-state index contributed by atoms with van der Waals surface area (Å²) in [6, 6.07) is 12.4. The minimum Gasteiger partial charge on any atom is -0.352 e. The Bertz CT molecular complexity index is 967. The van der Waals surface area contributed by atoms with Crippen LogP contribution < -0.4 is 10.9 Å². The maximum absolute atomic E-state index is 12.7. The zero-order chi connectivity index (χ0) is 21.4. The van der Waals surface area contributed by atoms with Gasteiger partial charge in [0.25, 0.3) is 5.56 Å². The number of aryl methyl sites for hydroxylation is 1. The van der Waals surface area contributed by atoms with E-state index in [0.717, 1.165) is 17.4 Å². The molecule has 1 unspecified atom stereocenters. The maximum Gasteiger partial charge on any atom is 0.251 e. The van der Waals surface area contributed by atoms with Gasteiger partial charge in [-0.2, -0.15) is 4.31 Å². The summed E-state index contributed by atoms with van der Waals surface area (Å²) in [6.45, 7) is 5.85. The molecule has 2 aromatic rings. The van der Waals surface area contributed by atoms with Crippen molar-refractivity contribution in [2.75, 3.05) is 13.1 Å². The summed E-state index contributed by atoms with van der Waals surface area (Å²) in [5, 5.41) is 2.87. The number of rotatable bonds is 10. The average molecular weight is 420 g/mol. The zero-order valence-electron chi connectivity index (χ0n) is 17.2. The number of nitrogens with one attached hydrogen (secondary N) is 1. The van der Waals surface area contributed by atoms with Crippen LogP contribution in [0.3, 0.4) is 0 Å². The van der Waals surface area contributed by atoms with Crippen molar-refractivity contribution in [3.05, 3.63) is 64.6 Å². The average Bonchev–Trinajstić information content (AvgIpc) is 2.69. The number of hydrogen-bond acceptors (Lipinski definition) is 4. The van der Waals surface area contributed by atoms with Crippen LogP contribution in [0.15, 0.2) is 58.4 Å². The van der Waals surface area contributed by atoms with Crippen molar-refractivity contribution in [2.45, 2.75) is 51.1 Å². The molecule has 1 aromatic heterocycles. The van der Waals surface area contributed by atoms with Gasteiger partial charge in [0.15, 0.2) is 0 Å². The first kappa shape index (κ1) is 22.8. The molecule has 8 heteroatoms. The highest BCUT2D eigenvalue weighted by Crippen LogP contribution is 2.13. The SMILES string of the molecule is CCN(CC)S(=O)(=O)c1ccc(=O)n(CC(=O)NC(C)CCc2ccccc2)c1. The third-order valence-corrected chi connectivity index (χ3v) is 6.76. The van der Waals surface area contributed by atoms with Crippen LogP contribution in [-0.4, -0.2) is 42.3 Å². The zero-order valence-corrected chi connectivity index (χ0v) is 18.0. The van der Waals surface area contributed by atoms with E-state index in [1.807, 2.05) is 37.3 Å². The van der Waals surface area contributed by atoms with Gasteiger partial charge in [0, 0.05) is 31.4 Å². The monoisotopic (exact) mass is 419 g/mol. The summed E-state index contributed by atoms with van der Waals surface area (Å²) in [7, 11) is -3.70. The van der Waals surface area contributed by atoms with Gasteiger partial charge < -0.3 is 9.88 Å². The van der Waals surface area contributed by atoms with E-state index in [-0.39, 0.29) is 23.4 Å². The molecule has 1 aromatic carbocycles. The van der Waals surface area contributed by atoms with E-state index in [1.165, 1.54) is 28.2 Å². The summed E-state index contributed by atoms with van der Waals surface area (Å²) in [5.74, 6) is -0.329. The number of carbonyl (C=O) groups is 1. The van der Waals surface area contributed by atoms with Crippen molar-refractivity contribution in [1.82, 2.24) is 14.2 Å². The van der Waals surface area contributed by atoms with Crippen LogP contribution >= 0.6 is 0 Å². The van der Waals surface area contributed by atoms with E-state index in [2.05, 4.69) is 5.32 Å². The van der Waals surface area contributed by atoms with Gasteiger partial charge in [-0.15, -0.1) is 0 Å². The van der Waals surface area contributed by atoms with Crippen molar-refractivity contribution < 1.29 is 13.2 Å². The molecule has 0 aliphatic rings. The Hall–Kier alpha value is -2.45. The summed E-state index contributed by atoms with van der Waals surface area (Å²) in [5.41, 5.74) is 0.773. The molecule has 0 bridgehead atoms. The van der Waals surface area contributed by atoms with Gasteiger partial charge in [0.2, 0.25) is 15.9 Å². The molecule has 1 amide bonds. The fourth-order valence-corrected chi connectivity index (χ4v) is 4.55. The Morgan fingerprint density at radius 1 is 1.10 bits per heavy atom. The lowest BCUT2D eigenvalue weighted by Crippen LogP contribution is -2.38. The van der Waals surface area contributed by atoms with E-state index < -0.39 is 15.6 Å². The van der Waals surface area contributed by atoms with Crippen LogP contribution in [0, 0.1) is 0 Å². The maximum atomic E-state index is 12.7. The molecule has 1 N–H and O–H groups in total. The van der Waals surface area contributed by atoms with Crippen LogP contribution in [-0.2, 0) is 27.8 Å². The van der Waals surface area contributed by atoms with Gasteiger partial charge in [-0.3, -0.25) is 9.59 Å². The van der Waals surface area contributed by atoms with Crippen molar-refractivity contribution >= 4 is 15.9 Å². The molecule has 0 radical (unpaired) electrons. The molecule has 2 rings (SSSR count). The van der Waals surface area contributed by atoms with E-state index >= 15 is 0 Å². The fourth-order valence-electron chi connectivity index (χ4n) is 3.07. The number of benzene rings is 1. The normalized spacial score (nSPS) is 12.7. The highest BCUT2D eigenvalue weighted by atomic mass is 32.2. The number of nitrogens with zero attached hydrogens (tertiary/aromatic N) is 2. The highest BCUT2D eigenvalue weighted by Gasteiger charge is 2.22. The number of aromatic nitrogens is 1. The quantitative estimate of drug-likeness (QED) is 0.638. The molecule has 0 saturated carbocycles. The van der Waals surface area contributed by atoms with Gasteiger partial charge in [-0.1, -0.05) is 44.2 Å². The molecule has 0 spiro atoms. The second-order valence-electron chi connectivity index (χ2n) is 6.91. The van der Waals surface area contributed by atoms with Gasteiger partial charge in [0.1, 0.15) is 6.54 Å². The molecule has 0 aliphatic carbocycles. The smallest absolute Gasteiger partial charge is 0.251 e. The topological polar surface area (TPSA) is 88.5 Å². The summed E-state index contributed by atoms with van der Waals surface area (Å²) in [6.07, 6.45) is 2.84. The standard InChI is InChI=1S/C21H29N3O4S/c1-4-24(5-2)29(27,28)19-13-14-21(26)23(15-19)16-20(25)22-17(3)11-12-18-9-7-6-8-10-18/h6-10,13-15,17H,4-5,11-12,16H2,1-3H3,(H,22,25). The highest BCUT2D eigenvalue weighted by molar-refractivity contribution is 7.89. The Labute approximate surface area is 172 Å². The lowest BCUT2D eigenvalue weighted by molar-refractivity contribution is -0.122. The van der Waals surface area contributed by atoms with Crippen LogP contribution in [0.2, 0.25) is 0 Å². The molecule has 7 nitrogen and oxygen atoms in total. The Balaban J connectivity index is 2.03. The minimum absolute atomic E-state index is 0.00530. The van der Waals surface area contributed by atoms with Crippen LogP contribution in [0.25, 0.3) is 0 Å². The van der Waals surface area contributed by atoms with E-state index in [4.69, 9.17) is 0 Å². The van der Waals surface area contributed by atoms with E-state index in [1.54, 1.807) is 13.8 Å². The van der Waals surface area contributed by atoms with Crippen molar-refractivity contribution in [2.24, 2.45) is 0 Å². The lowest BCUT2D eigenvalue weighted by atomic mass is 10.1. The number of carbonyl (C=O) groups excluding carboxylic acids is 1. The van der Waals surface area contributed by atoms with Gasteiger partial charge in [-0.25, -0.2) is 8.42 Å². The fraction of sp³-hybridized carbons (Fsp3) is 0.429. The Morgan fingerprint density at radius 2 is 1.76 bits per heavy atom. The largest absolute Gasteiger partial charge is 0.352 e. The van der Waals surface area contributed by atoms with Crippen molar-refractivity contribution in [3.63, 3.8) is 0 Å². The minimum atomic E-state index is -3.70. The molecule has 1 atom stereocenters. The summed E-state index contributed by atoms with van der Waals surface area (Å²) < 4.78 is 27.7.